The van der Waals surface area contributed by atoms with Crippen molar-refractivity contribution in [2.24, 2.45) is 0 Å². The van der Waals surface area contributed by atoms with Crippen molar-refractivity contribution in [1.29, 1.82) is 0 Å². The van der Waals surface area contributed by atoms with E-state index in [4.69, 9.17) is 0 Å². The van der Waals surface area contributed by atoms with Crippen LogP contribution in [-0.2, 0) is 4.79 Å². The highest BCUT2D eigenvalue weighted by Gasteiger charge is 1.95. The standard InChI is InChI=1S/C13H17NOS/c1-11(15)14-10-6-5-8-12-7-3-4-9-13(12)16-2/h3-5,7-9H,6,10H2,1-2H3,(H,14,15). The summed E-state index contributed by atoms with van der Waals surface area (Å²) >= 11 is 1.74. The molecule has 0 radical (unpaired) electrons. The van der Waals surface area contributed by atoms with Gasteiger partial charge in [0.1, 0.15) is 0 Å². The Kier molecular flexibility index (Phi) is 5.72. The number of hydrogen-bond donors (Lipinski definition) is 1. The van der Waals surface area contributed by atoms with E-state index < -0.39 is 0 Å². The van der Waals surface area contributed by atoms with Gasteiger partial charge in [-0.25, -0.2) is 0 Å². The van der Waals surface area contributed by atoms with Gasteiger partial charge >= 0.3 is 0 Å². The monoisotopic (exact) mass is 235 g/mol. The molecule has 3 heteroatoms. The first-order valence-corrected chi connectivity index (χ1v) is 6.50. The summed E-state index contributed by atoms with van der Waals surface area (Å²) in [7, 11) is 0. The highest BCUT2D eigenvalue weighted by Crippen LogP contribution is 2.20. The summed E-state index contributed by atoms with van der Waals surface area (Å²) in [5, 5.41) is 2.76. The Labute approximate surface area is 101 Å². The maximum absolute atomic E-state index is 10.6. The van der Waals surface area contributed by atoms with E-state index in [9.17, 15) is 4.79 Å². The maximum Gasteiger partial charge on any atom is 0.216 e. The minimum Gasteiger partial charge on any atom is -0.356 e. The molecule has 0 heterocycles. The number of benzene rings is 1. The average Bonchev–Trinajstić information content (AvgIpc) is 2.29. The van der Waals surface area contributed by atoms with E-state index in [2.05, 4.69) is 35.9 Å². The summed E-state index contributed by atoms with van der Waals surface area (Å²) in [6, 6.07) is 8.28. The van der Waals surface area contributed by atoms with Crippen molar-refractivity contribution in [2.45, 2.75) is 18.2 Å². The van der Waals surface area contributed by atoms with Crippen molar-refractivity contribution in [2.75, 3.05) is 12.8 Å². The minimum absolute atomic E-state index is 0.0258. The SMILES string of the molecule is CSc1ccccc1C=CCCNC(C)=O. The largest absolute Gasteiger partial charge is 0.356 e. The van der Waals surface area contributed by atoms with E-state index in [1.54, 1.807) is 11.8 Å². The summed E-state index contributed by atoms with van der Waals surface area (Å²) in [4.78, 5) is 11.9. The van der Waals surface area contributed by atoms with Crippen LogP contribution in [0.3, 0.4) is 0 Å². The first-order chi connectivity index (χ1) is 7.74. The summed E-state index contributed by atoms with van der Waals surface area (Å²) in [6.45, 7) is 2.24. The van der Waals surface area contributed by atoms with Crippen LogP contribution in [0.5, 0.6) is 0 Å². The second kappa shape index (κ2) is 7.12. The first kappa shape index (κ1) is 12.8. The molecule has 0 fully saturated rings. The van der Waals surface area contributed by atoms with Crippen LogP contribution < -0.4 is 5.32 Å². The van der Waals surface area contributed by atoms with Crippen LogP contribution in [0, 0.1) is 0 Å². The van der Waals surface area contributed by atoms with Gasteiger partial charge in [-0.05, 0) is 24.3 Å². The molecule has 0 atom stereocenters. The highest BCUT2D eigenvalue weighted by molar-refractivity contribution is 7.98. The van der Waals surface area contributed by atoms with Crippen molar-refractivity contribution < 1.29 is 4.79 Å². The van der Waals surface area contributed by atoms with Crippen LogP contribution in [-0.4, -0.2) is 18.7 Å². The third kappa shape index (κ3) is 4.53. The topological polar surface area (TPSA) is 29.1 Å². The van der Waals surface area contributed by atoms with Gasteiger partial charge in [-0.1, -0.05) is 30.4 Å². The Hall–Kier alpha value is -1.22. The number of hydrogen-bond acceptors (Lipinski definition) is 2. The summed E-state index contributed by atoms with van der Waals surface area (Å²) < 4.78 is 0. The summed E-state index contributed by atoms with van der Waals surface area (Å²) in [6.07, 6.45) is 7.13. The molecule has 0 saturated heterocycles. The molecule has 1 rings (SSSR count). The molecule has 86 valence electrons. The predicted octanol–water partition coefficient (Wildman–Crippen LogP) is 2.95. The second-order valence-corrected chi connectivity index (χ2v) is 4.26. The van der Waals surface area contributed by atoms with E-state index in [0.717, 1.165) is 6.42 Å². The zero-order chi connectivity index (χ0) is 11.8. The van der Waals surface area contributed by atoms with Gasteiger partial charge in [0.25, 0.3) is 0 Å². The van der Waals surface area contributed by atoms with Gasteiger partial charge < -0.3 is 5.32 Å². The van der Waals surface area contributed by atoms with Gasteiger partial charge in [0.15, 0.2) is 0 Å². The lowest BCUT2D eigenvalue weighted by molar-refractivity contribution is -0.118. The van der Waals surface area contributed by atoms with Crippen molar-refractivity contribution >= 4 is 23.7 Å². The van der Waals surface area contributed by atoms with Crippen molar-refractivity contribution in [3.8, 4) is 0 Å². The molecular weight excluding hydrogens is 218 g/mol. The molecule has 0 aliphatic rings. The zero-order valence-electron chi connectivity index (χ0n) is 9.69. The van der Waals surface area contributed by atoms with Crippen molar-refractivity contribution in [3.05, 3.63) is 35.9 Å². The molecule has 0 spiro atoms. The maximum atomic E-state index is 10.6. The second-order valence-electron chi connectivity index (χ2n) is 3.42. The number of carbonyl (C=O) groups excluding carboxylic acids is 1. The molecule has 1 aromatic carbocycles. The Morgan fingerprint density at radius 2 is 2.19 bits per heavy atom. The molecule has 0 aromatic heterocycles. The fourth-order valence-electron chi connectivity index (χ4n) is 1.35. The highest BCUT2D eigenvalue weighted by atomic mass is 32.2. The molecule has 0 aliphatic carbocycles. The van der Waals surface area contributed by atoms with Crippen LogP contribution in [0.2, 0.25) is 0 Å². The fraction of sp³-hybridized carbons (Fsp3) is 0.308. The number of amides is 1. The molecule has 0 aliphatic heterocycles. The van der Waals surface area contributed by atoms with Crippen LogP contribution in [0.4, 0.5) is 0 Å². The molecular formula is C13H17NOS. The van der Waals surface area contributed by atoms with Crippen molar-refractivity contribution in [1.82, 2.24) is 5.32 Å². The molecule has 0 unspecified atom stereocenters. The Balaban J connectivity index is 2.46. The molecule has 1 aromatic rings. The van der Waals surface area contributed by atoms with Gasteiger partial charge in [0.2, 0.25) is 5.91 Å². The van der Waals surface area contributed by atoms with Crippen LogP contribution in [0.25, 0.3) is 6.08 Å². The summed E-state index contributed by atoms with van der Waals surface area (Å²) in [5.74, 6) is 0.0258. The average molecular weight is 235 g/mol. The Morgan fingerprint density at radius 1 is 1.44 bits per heavy atom. The van der Waals surface area contributed by atoms with Gasteiger partial charge in [-0.2, -0.15) is 0 Å². The number of thioether (sulfide) groups is 1. The normalized spacial score (nSPS) is 10.6. The molecule has 16 heavy (non-hydrogen) atoms. The van der Waals surface area contributed by atoms with E-state index in [1.165, 1.54) is 17.4 Å². The first-order valence-electron chi connectivity index (χ1n) is 5.28. The van der Waals surface area contributed by atoms with E-state index in [-0.39, 0.29) is 5.91 Å². The number of rotatable bonds is 5. The third-order valence-corrected chi connectivity index (χ3v) is 2.93. The Bertz CT molecular complexity index is 374. The molecule has 0 bridgehead atoms. The smallest absolute Gasteiger partial charge is 0.216 e. The van der Waals surface area contributed by atoms with Gasteiger partial charge in [-0.3, -0.25) is 4.79 Å². The van der Waals surface area contributed by atoms with E-state index in [0.29, 0.717) is 6.54 Å². The molecule has 1 N–H and O–H groups in total. The number of nitrogens with one attached hydrogen (secondary N) is 1. The lowest BCUT2D eigenvalue weighted by Crippen LogP contribution is -2.20. The minimum atomic E-state index is 0.0258. The zero-order valence-corrected chi connectivity index (χ0v) is 10.5. The lowest BCUT2D eigenvalue weighted by Gasteiger charge is -2.01. The van der Waals surface area contributed by atoms with Gasteiger partial charge in [0.05, 0.1) is 0 Å². The quantitative estimate of drug-likeness (QED) is 0.628. The van der Waals surface area contributed by atoms with Gasteiger partial charge in [0, 0.05) is 18.4 Å². The molecule has 1 amide bonds. The van der Waals surface area contributed by atoms with Crippen LogP contribution in [0.1, 0.15) is 18.9 Å². The van der Waals surface area contributed by atoms with Gasteiger partial charge in [-0.15, -0.1) is 11.8 Å². The predicted molar refractivity (Wildman–Crippen MR) is 70.6 cm³/mol. The van der Waals surface area contributed by atoms with E-state index >= 15 is 0 Å². The van der Waals surface area contributed by atoms with Crippen LogP contribution in [0.15, 0.2) is 35.2 Å². The molecule has 0 saturated carbocycles. The van der Waals surface area contributed by atoms with Crippen molar-refractivity contribution in [3.63, 3.8) is 0 Å². The lowest BCUT2D eigenvalue weighted by atomic mass is 10.2. The fourth-order valence-corrected chi connectivity index (χ4v) is 1.93. The number of carbonyl (C=O) groups is 1. The molecule has 2 nitrogen and oxygen atoms in total. The third-order valence-electron chi connectivity index (χ3n) is 2.12. The summed E-state index contributed by atoms with van der Waals surface area (Å²) in [5.41, 5.74) is 1.23. The van der Waals surface area contributed by atoms with E-state index in [1.807, 2.05) is 12.1 Å². The van der Waals surface area contributed by atoms with Crippen LogP contribution >= 0.6 is 11.8 Å². The Morgan fingerprint density at radius 3 is 2.88 bits per heavy atom.